The summed E-state index contributed by atoms with van der Waals surface area (Å²) >= 11 is 1.63. The predicted octanol–water partition coefficient (Wildman–Crippen LogP) is 5.44. The molecule has 1 atom stereocenters. The molecule has 2 heterocycles. The summed E-state index contributed by atoms with van der Waals surface area (Å²) in [5, 5.41) is 3.95. The third-order valence-corrected chi connectivity index (χ3v) is 6.97. The van der Waals surface area contributed by atoms with E-state index in [1.165, 1.54) is 5.56 Å². The van der Waals surface area contributed by atoms with Gasteiger partial charge in [-0.25, -0.2) is 4.98 Å². The first-order chi connectivity index (χ1) is 15.6. The average Bonchev–Trinajstić information content (AvgIpc) is 3.24. The molecule has 160 valence electrons. The number of aromatic nitrogens is 1. The Kier molecular flexibility index (Phi) is 5.45. The first kappa shape index (κ1) is 20.4. The van der Waals surface area contributed by atoms with Gasteiger partial charge in [0.25, 0.3) is 0 Å². The molecule has 0 aliphatic carbocycles. The van der Waals surface area contributed by atoms with Crippen LogP contribution in [0.15, 0.2) is 72.8 Å². The number of rotatable bonds is 4. The van der Waals surface area contributed by atoms with Crippen molar-refractivity contribution in [3.05, 3.63) is 83.9 Å². The molecule has 5 rings (SSSR count). The molecule has 1 aromatic heterocycles. The Morgan fingerprint density at radius 3 is 2.72 bits per heavy atom. The maximum Gasteiger partial charge on any atom is 0.226 e. The van der Waals surface area contributed by atoms with Crippen molar-refractivity contribution < 1.29 is 9.59 Å². The number of para-hydroxylation sites is 1. The number of amides is 2. The van der Waals surface area contributed by atoms with Gasteiger partial charge in [-0.3, -0.25) is 9.59 Å². The van der Waals surface area contributed by atoms with Gasteiger partial charge < -0.3 is 10.2 Å². The molecule has 1 N–H and O–H groups in total. The van der Waals surface area contributed by atoms with Crippen molar-refractivity contribution in [2.24, 2.45) is 0 Å². The highest BCUT2D eigenvalue weighted by Crippen LogP contribution is 2.34. The largest absolute Gasteiger partial charge is 0.335 e. The van der Waals surface area contributed by atoms with Crippen LogP contribution < -0.4 is 5.32 Å². The van der Waals surface area contributed by atoms with Crippen LogP contribution in [0.1, 0.15) is 30.5 Å². The lowest BCUT2D eigenvalue weighted by Crippen LogP contribution is -2.40. The fourth-order valence-electron chi connectivity index (χ4n) is 4.36. The van der Waals surface area contributed by atoms with Gasteiger partial charge in [0.1, 0.15) is 5.01 Å². The summed E-state index contributed by atoms with van der Waals surface area (Å²) in [6.45, 7) is 2.21. The molecule has 0 bridgehead atoms. The Morgan fingerprint density at radius 1 is 1.06 bits per heavy atom. The number of carbonyl (C=O) groups is 2. The molecule has 5 nitrogen and oxygen atoms in total. The second-order valence-corrected chi connectivity index (χ2v) is 9.03. The Labute approximate surface area is 190 Å². The van der Waals surface area contributed by atoms with Gasteiger partial charge in [0, 0.05) is 24.7 Å². The summed E-state index contributed by atoms with van der Waals surface area (Å²) in [6, 6.07) is 23.7. The maximum absolute atomic E-state index is 13.0. The van der Waals surface area contributed by atoms with Crippen molar-refractivity contribution in [2.75, 3.05) is 11.9 Å². The zero-order valence-electron chi connectivity index (χ0n) is 17.7. The predicted molar refractivity (Wildman–Crippen MR) is 129 cm³/mol. The second-order valence-electron chi connectivity index (χ2n) is 8.00. The summed E-state index contributed by atoms with van der Waals surface area (Å²) in [7, 11) is 0. The molecule has 1 unspecified atom stereocenters. The molecule has 0 saturated carbocycles. The average molecular weight is 442 g/mol. The monoisotopic (exact) mass is 441 g/mol. The molecule has 2 amide bonds. The molecule has 1 aliphatic rings. The number of anilines is 1. The Morgan fingerprint density at radius 2 is 1.88 bits per heavy atom. The fourth-order valence-corrected chi connectivity index (χ4v) is 5.32. The first-order valence-electron chi connectivity index (χ1n) is 10.7. The summed E-state index contributed by atoms with van der Waals surface area (Å²) < 4.78 is 1.14. The first-order valence-corrected chi connectivity index (χ1v) is 11.5. The van der Waals surface area contributed by atoms with Crippen LogP contribution in [-0.4, -0.2) is 28.2 Å². The number of nitrogens with zero attached hydrogens (tertiary/aromatic N) is 2. The normalized spacial score (nSPS) is 15.4. The topological polar surface area (TPSA) is 62.3 Å². The third-order valence-electron chi connectivity index (χ3n) is 5.88. The molecule has 0 fully saturated rings. The zero-order chi connectivity index (χ0) is 22.1. The Balaban J connectivity index is 1.36. The smallest absolute Gasteiger partial charge is 0.226 e. The molecule has 32 heavy (non-hydrogen) atoms. The van der Waals surface area contributed by atoms with E-state index in [9.17, 15) is 9.59 Å². The van der Waals surface area contributed by atoms with Crippen LogP contribution in [-0.2, 0) is 16.0 Å². The van der Waals surface area contributed by atoms with Crippen molar-refractivity contribution in [1.29, 1.82) is 0 Å². The van der Waals surface area contributed by atoms with E-state index in [2.05, 4.69) is 17.4 Å². The summed E-state index contributed by atoms with van der Waals surface area (Å²) in [5.41, 5.74) is 4.94. The minimum Gasteiger partial charge on any atom is -0.335 e. The zero-order valence-corrected chi connectivity index (χ0v) is 18.6. The van der Waals surface area contributed by atoms with Crippen LogP contribution in [0.2, 0.25) is 0 Å². The standard InChI is InChI=1S/C26H23N3O2S/c1-17(30)29-14-13-18-7-2-3-10-21(18)23(29)16-25(31)27-20-9-6-8-19(15-20)26-28-22-11-4-5-12-24(22)32-26/h2-12,15,23H,13-14,16H2,1H3,(H,27,31). The quantitative estimate of drug-likeness (QED) is 0.459. The number of benzene rings is 3. The minimum atomic E-state index is -0.245. The van der Waals surface area contributed by atoms with E-state index in [1.54, 1.807) is 23.2 Å². The molecule has 0 saturated heterocycles. The summed E-state index contributed by atoms with van der Waals surface area (Å²) in [6.07, 6.45) is 1.04. The van der Waals surface area contributed by atoms with Crippen LogP contribution in [0, 0.1) is 0 Å². The van der Waals surface area contributed by atoms with Crippen LogP contribution in [0.4, 0.5) is 5.69 Å². The Bertz CT molecular complexity index is 1280. The lowest BCUT2D eigenvalue weighted by atomic mass is 9.90. The molecular weight excluding hydrogens is 418 g/mol. The van der Waals surface area contributed by atoms with Crippen LogP contribution in [0.25, 0.3) is 20.8 Å². The van der Waals surface area contributed by atoms with Crippen LogP contribution in [0.3, 0.4) is 0 Å². The molecule has 3 aromatic carbocycles. The van der Waals surface area contributed by atoms with E-state index in [1.807, 2.05) is 60.7 Å². The van der Waals surface area contributed by atoms with E-state index in [4.69, 9.17) is 4.98 Å². The van der Waals surface area contributed by atoms with Gasteiger partial charge in [-0.05, 0) is 41.8 Å². The summed E-state index contributed by atoms with van der Waals surface area (Å²) in [5.74, 6) is -0.116. The van der Waals surface area contributed by atoms with Gasteiger partial charge >= 0.3 is 0 Å². The highest BCUT2D eigenvalue weighted by molar-refractivity contribution is 7.21. The van der Waals surface area contributed by atoms with E-state index >= 15 is 0 Å². The molecular formula is C26H23N3O2S. The third kappa shape index (κ3) is 4.01. The number of thiazole rings is 1. The molecule has 4 aromatic rings. The molecule has 0 spiro atoms. The van der Waals surface area contributed by atoms with Gasteiger partial charge in [-0.1, -0.05) is 48.5 Å². The van der Waals surface area contributed by atoms with E-state index < -0.39 is 0 Å². The van der Waals surface area contributed by atoms with Gasteiger partial charge in [0.05, 0.1) is 22.7 Å². The number of nitrogens with one attached hydrogen (secondary N) is 1. The molecule has 0 radical (unpaired) electrons. The number of hydrogen-bond donors (Lipinski definition) is 1. The minimum absolute atomic E-state index is 0.00450. The fraction of sp³-hybridized carbons (Fsp3) is 0.192. The van der Waals surface area contributed by atoms with Crippen molar-refractivity contribution in [3.63, 3.8) is 0 Å². The van der Waals surface area contributed by atoms with Crippen LogP contribution in [0.5, 0.6) is 0 Å². The lowest BCUT2D eigenvalue weighted by molar-refractivity contribution is -0.132. The van der Waals surface area contributed by atoms with Gasteiger partial charge in [0.15, 0.2) is 0 Å². The van der Waals surface area contributed by atoms with Crippen molar-refractivity contribution >= 4 is 39.1 Å². The van der Waals surface area contributed by atoms with E-state index in [0.29, 0.717) is 6.54 Å². The van der Waals surface area contributed by atoms with Gasteiger partial charge in [0.2, 0.25) is 11.8 Å². The van der Waals surface area contributed by atoms with E-state index in [0.717, 1.165) is 38.5 Å². The maximum atomic E-state index is 13.0. The van der Waals surface area contributed by atoms with Gasteiger partial charge in [-0.2, -0.15) is 0 Å². The van der Waals surface area contributed by atoms with Crippen molar-refractivity contribution in [1.82, 2.24) is 9.88 Å². The van der Waals surface area contributed by atoms with E-state index in [-0.39, 0.29) is 24.3 Å². The summed E-state index contributed by atoms with van der Waals surface area (Å²) in [4.78, 5) is 31.7. The van der Waals surface area contributed by atoms with Crippen LogP contribution >= 0.6 is 11.3 Å². The SMILES string of the molecule is CC(=O)N1CCc2ccccc2C1CC(=O)Nc1cccc(-c2nc3ccccc3s2)c1. The van der Waals surface area contributed by atoms with Gasteiger partial charge in [-0.15, -0.1) is 11.3 Å². The van der Waals surface area contributed by atoms with Crippen molar-refractivity contribution in [2.45, 2.75) is 25.8 Å². The highest BCUT2D eigenvalue weighted by atomic mass is 32.1. The second kappa shape index (κ2) is 8.55. The number of hydrogen-bond acceptors (Lipinski definition) is 4. The van der Waals surface area contributed by atoms with Crippen molar-refractivity contribution in [3.8, 4) is 10.6 Å². The molecule has 6 heteroatoms. The number of fused-ring (bicyclic) bond motifs is 2. The Hall–Kier alpha value is -3.51. The highest BCUT2D eigenvalue weighted by Gasteiger charge is 2.30. The number of carbonyl (C=O) groups excluding carboxylic acids is 2. The lowest BCUT2D eigenvalue weighted by Gasteiger charge is -2.36. The molecule has 1 aliphatic heterocycles.